The summed E-state index contributed by atoms with van der Waals surface area (Å²) in [5.74, 6) is 0.453. The lowest BCUT2D eigenvalue weighted by Gasteiger charge is -2.09. The third kappa shape index (κ3) is 4.93. The average molecular weight is 266 g/mol. The molecule has 0 radical (unpaired) electrons. The summed E-state index contributed by atoms with van der Waals surface area (Å²) in [4.78, 5) is 1.01. The van der Waals surface area contributed by atoms with Gasteiger partial charge in [0, 0.05) is 4.90 Å². The molecule has 1 N–H and O–H groups in total. The number of aryl methyl sites for hydroxylation is 2. The molecule has 0 aromatic heterocycles. The summed E-state index contributed by atoms with van der Waals surface area (Å²) in [7, 11) is 0. The van der Waals surface area contributed by atoms with Crippen molar-refractivity contribution in [1.82, 2.24) is 0 Å². The zero-order valence-electron chi connectivity index (χ0n) is 12.0. The first-order chi connectivity index (χ1) is 8.69. The second kappa shape index (κ2) is 8.47. The van der Waals surface area contributed by atoms with Gasteiger partial charge in [-0.05, 0) is 43.2 Å². The van der Waals surface area contributed by atoms with E-state index in [-0.39, 0.29) is 0 Å². The van der Waals surface area contributed by atoms with E-state index in [1.54, 1.807) is 11.8 Å². The largest absolute Gasteiger partial charge is 0.507 e. The Balaban J connectivity index is 2.40. The third-order valence-electron chi connectivity index (χ3n) is 3.36. The Morgan fingerprint density at radius 1 is 1.06 bits per heavy atom. The minimum Gasteiger partial charge on any atom is -0.507 e. The van der Waals surface area contributed by atoms with E-state index in [4.69, 9.17) is 0 Å². The minimum atomic E-state index is 0.453. The Morgan fingerprint density at radius 3 is 2.39 bits per heavy atom. The van der Waals surface area contributed by atoms with Gasteiger partial charge in [-0.25, -0.2) is 0 Å². The maximum Gasteiger partial charge on any atom is 0.132 e. The Bertz CT molecular complexity index is 360. The molecular formula is C16H26OS. The van der Waals surface area contributed by atoms with Crippen molar-refractivity contribution in [2.45, 2.75) is 63.7 Å². The highest BCUT2D eigenvalue weighted by atomic mass is 32.2. The van der Waals surface area contributed by atoms with E-state index in [0.29, 0.717) is 5.75 Å². The Hall–Kier alpha value is -0.630. The molecule has 0 aliphatic rings. The highest BCUT2D eigenvalue weighted by Gasteiger charge is 2.05. The van der Waals surface area contributed by atoms with Gasteiger partial charge in [0.15, 0.2) is 0 Å². The summed E-state index contributed by atoms with van der Waals surface area (Å²) in [6.07, 6.45) is 11.2. The first kappa shape index (κ1) is 15.4. The van der Waals surface area contributed by atoms with Crippen molar-refractivity contribution in [1.29, 1.82) is 0 Å². The molecule has 0 heterocycles. The number of phenolic OH excluding ortho intramolecular Hbond substituents is 1. The van der Waals surface area contributed by atoms with Gasteiger partial charge in [-0.2, -0.15) is 0 Å². The van der Waals surface area contributed by atoms with Gasteiger partial charge in [-0.15, -0.1) is 11.8 Å². The van der Waals surface area contributed by atoms with Gasteiger partial charge >= 0.3 is 0 Å². The van der Waals surface area contributed by atoms with E-state index in [0.717, 1.165) is 16.9 Å². The molecule has 1 aromatic rings. The van der Waals surface area contributed by atoms with E-state index in [9.17, 15) is 5.11 Å². The molecule has 0 aliphatic heterocycles. The molecule has 18 heavy (non-hydrogen) atoms. The fraction of sp³-hybridized carbons (Fsp3) is 0.625. The van der Waals surface area contributed by atoms with Crippen LogP contribution in [0.15, 0.2) is 17.0 Å². The lowest BCUT2D eigenvalue weighted by molar-refractivity contribution is 0.457. The Labute approximate surface area is 116 Å². The van der Waals surface area contributed by atoms with Crippen LogP contribution in [0, 0.1) is 6.92 Å². The van der Waals surface area contributed by atoms with Crippen LogP contribution in [0.3, 0.4) is 0 Å². The van der Waals surface area contributed by atoms with Crippen LogP contribution in [0.2, 0.25) is 0 Å². The second-order valence-corrected chi connectivity index (χ2v) is 5.83. The zero-order valence-corrected chi connectivity index (χ0v) is 12.8. The fourth-order valence-corrected chi connectivity index (χ4v) is 2.85. The highest BCUT2D eigenvalue weighted by molar-refractivity contribution is 7.98. The monoisotopic (exact) mass is 266 g/mol. The summed E-state index contributed by atoms with van der Waals surface area (Å²) in [6.45, 7) is 4.24. The molecule has 0 saturated heterocycles. The van der Waals surface area contributed by atoms with Gasteiger partial charge in [-0.1, -0.05) is 45.1 Å². The number of hydrogen-bond donors (Lipinski definition) is 1. The van der Waals surface area contributed by atoms with Crippen molar-refractivity contribution >= 4 is 11.8 Å². The summed E-state index contributed by atoms with van der Waals surface area (Å²) in [6, 6.07) is 4.26. The third-order valence-corrected chi connectivity index (χ3v) is 4.12. The Morgan fingerprint density at radius 2 is 1.72 bits per heavy atom. The number of benzene rings is 1. The second-order valence-electron chi connectivity index (χ2n) is 4.98. The molecule has 2 heteroatoms. The maximum absolute atomic E-state index is 9.87. The molecule has 0 bridgehead atoms. The van der Waals surface area contributed by atoms with Crippen LogP contribution >= 0.6 is 11.8 Å². The number of unbranched alkanes of at least 4 members (excludes halogenated alkanes) is 5. The smallest absolute Gasteiger partial charge is 0.132 e. The number of phenols is 1. The highest BCUT2D eigenvalue weighted by Crippen LogP contribution is 2.31. The van der Waals surface area contributed by atoms with E-state index < -0.39 is 0 Å². The van der Waals surface area contributed by atoms with E-state index in [1.807, 2.05) is 13.2 Å². The predicted molar refractivity (Wildman–Crippen MR) is 81.7 cm³/mol. The van der Waals surface area contributed by atoms with Crippen LogP contribution in [-0.4, -0.2) is 11.4 Å². The predicted octanol–water partition coefficient (Wildman–Crippen LogP) is 5.33. The first-order valence-electron chi connectivity index (χ1n) is 7.05. The number of hydrogen-bond acceptors (Lipinski definition) is 2. The van der Waals surface area contributed by atoms with Crippen LogP contribution in [0.25, 0.3) is 0 Å². The molecule has 0 amide bonds. The molecule has 0 unspecified atom stereocenters. The number of aromatic hydroxyl groups is 1. The van der Waals surface area contributed by atoms with Crippen LogP contribution in [0.5, 0.6) is 5.75 Å². The lowest BCUT2D eigenvalue weighted by Crippen LogP contribution is -1.90. The topological polar surface area (TPSA) is 20.2 Å². The molecule has 1 rings (SSSR count). The van der Waals surface area contributed by atoms with Crippen molar-refractivity contribution in [3.05, 3.63) is 23.3 Å². The Kier molecular flexibility index (Phi) is 7.26. The molecular weight excluding hydrogens is 240 g/mol. The van der Waals surface area contributed by atoms with Crippen molar-refractivity contribution < 1.29 is 5.11 Å². The van der Waals surface area contributed by atoms with Crippen LogP contribution in [0.1, 0.15) is 56.6 Å². The summed E-state index contributed by atoms with van der Waals surface area (Å²) in [5.41, 5.74) is 2.37. The van der Waals surface area contributed by atoms with Gasteiger partial charge in [0.25, 0.3) is 0 Å². The van der Waals surface area contributed by atoms with Crippen LogP contribution in [0.4, 0.5) is 0 Å². The molecule has 0 atom stereocenters. The van der Waals surface area contributed by atoms with Gasteiger partial charge in [0.1, 0.15) is 5.75 Å². The lowest BCUT2D eigenvalue weighted by atomic mass is 10.0. The van der Waals surface area contributed by atoms with Gasteiger partial charge in [0.2, 0.25) is 0 Å². The summed E-state index contributed by atoms with van der Waals surface area (Å²) in [5, 5.41) is 9.87. The zero-order chi connectivity index (χ0) is 13.4. The summed E-state index contributed by atoms with van der Waals surface area (Å²) < 4.78 is 0. The van der Waals surface area contributed by atoms with Crippen LogP contribution in [-0.2, 0) is 6.42 Å². The van der Waals surface area contributed by atoms with Gasteiger partial charge in [-0.3, -0.25) is 0 Å². The number of thioether (sulfide) groups is 1. The SMILES string of the molecule is CCCCCCCCc1cc(C)c(O)c(SC)c1. The number of rotatable bonds is 8. The van der Waals surface area contributed by atoms with Crippen molar-refractivity contribution in [2.24, 2.45) is 0 Å². The van der Waals surface area contributed by atoms with E-state index >= 15 is 0 Å². The molecule has 1 aromatic carbocycles. The molecule has 0 spiro atoms. The van der Waals surface area contributed by atoms with Gasteiger partial charge < -0.3 is 5.11 Å². The maximum atomic E-state index is 9.87. The minimum absolute atomic E-state index is 0.453. The first-order valence-corrected chi connectivity index (χ1v) is 8.28. The standard InChI is InChI=1S/C16H26OS/c1-4-5-6-7-8-9-10-14-11-13(2)16(17)15(12-14)18-3/h11-12,17H,4-10H2,1-3H3. The van der Waals surface area contributed by atoms with Crippen molar-refractivity contribution in [3.8, 4) is 5.75 Å². The van der Waals surface area contributed by atoms with E-state index in [1.165, 1.54) is 44.1 Å². The van der Waals surface area contributed by atoms with Gasteiger partial charge in [0.05, 0.1) is 0 Å². The van der Waals surface area contributed by atoms with Crippen molar-refractivity contribution in [2.75, 3.05) is 6.26 Å². The fourth-order valence-electron chi connectivity index (χ4n) is 2.23. The normalized spacial score (nSPS) is 10.8. The molecule has 0 fully saturated rings. The molecule has 0 aliphatic carbocycles. The summed E-state index contributed by atoms with van der Waals surface area (Å²) >= 11 is 1.62. The molecule has 1 nitrogen and oxygen atoms in total. The van der Waals surface area contributed by atoms with Crippen LogP contribution < -0.4 is 0 Å². The average Bonchev–Trinajstić information content (AvgIpc) is 2.37. The van der Waals surface area contributed by atoms with E-state index in [2.05, 4.69) is 19.1 Å². The molecule has 102 valence electrons. The van der Waals surface area contributed by atoms with Crippen molar-refractivity contribution in [3.63, 3.8) is 0 Å². The molecule has 0 saturated carbocycles. The quantitative estimate of drug-likeness (QED) is 0.507.